The van der Waals surface area contributed by atoms with Crippen molar-refractivity contribution < 1.29 is 12.8 Å². The predicted molar refractivity (Wildman–Crippen MR) is 68.6 cm³/mol. The van der Waals surface area contributed by atoms with Crippen LogP contribution in [0.1, 0.15) is 12.8 Å². The molecular weight excluding hydrogens is 277 g/mol. The van der Waals surface area contributed by atoms with Crippen molar-refractivity contribution in [1.29, 1.82) is 0 Å². The maximum Gasteiger partial charge on any atom is 0.243 e. The first kappa shape index (κ1) is 13.8. The Morgan fingerprint density at radius 1 is 1.44 bits per heavy atom. The molecule has 0 spiro atoms. The summed E-state index contributed by atoms with van der Waals surface area (Å²) in [4.78, 5) is 0.0222. The van der Waals surface area contributed by atoms with Gasteiger partial charge in [-0.3, -0.25) is 0 Å². The minimum atomic E-state index is -3.56. The molecule has 1 atom stereocenters. The zero-order valence-electron chi connectivity index (χ0n) is 9.85. The van der Waals surface area contributed by atoms with Crippen LogP contribution < -0.4 is 0 Å². The third-order valence-electron chi connectivity index (χ3n) is 3.20. The van der Waals surface area contributed by atoms with Crippen LogP contribution in [0.2, 0.25) is 0 Å². The van der Waals surface area contributed by atoms with Crippen molar-refractivity contribution in [2.45, 2.75) is 17.7 Å². The van der Waals surface area contributed by atoms with E-state index < -0.39 is 15.8 Å². The lowest BCUT2D eigenvalue weighted by Gasteiger charge is -2.16. The summed E-state index contributed by atoms with van der Waals surface area (Å²) in [6.07, 6.45) is 1.64. The summed E-state index contributed by atoms with van der Waals surface area (Å²) in [6.45, 7) is 0.964. The van der Waals surface area contributed by atoms with Gasteiger partial charge in [-0.05, 0) is 37.0 Å². The molecule has 1 unspecified atom stereocenters. The van der Waals surface area contributed by atoms with Crippen LogP contribution in [0.15, 0.2) is 29.2 Å². The molecule has 0 saturated carbocycles. The molecule has 0 radical (unpaired) electrons. The number of hydrogen-bond donors (Lipinski definition) is 0. The quantitative estimate of drug-likeness (QED) is 0.799. The molecule has 18 heavy (non-hydrogen) atoms. The lowest BCUT2D eigenvalue weighted by atomic mass is 10.1. The molecule has 0 aliphatic carbocycles. The largest absolute Gasteiger partial charge is 0.243 e. The van der Waals surface area contributed by atoms with Crippen molar-refractivity contribution in [3.63, 3.8) is 0 Å². The molecule has 2 rings (SSSR count). The second-order valence-corrected chi connectivity index (χ2v) is 6.77. The Kier molecular flexibility index (Phi) is 4.25. The van der Waals surface area contributed by atoms with Crippen LogP contribution >= 0.6 is 11.6 Å². The van der Waals surface area contributed by atoms with Gasteiger partial charge in [-0.15, -0.1) is 11.6 Å². The Labute approximate surface area is 112 Å². The lowest BCUT2D eigenvalue weighted by molar-refractivity contribution is 0.453. The number of halogens is 2. The van der Waals surface area contributed by atoms with E-state index in [0.29, 0.717) is 24.9 Å². The number of nitrogens with zero attached hydrogens (tertiary/aromatic N) is 1. The van der Waals surface area contributed by atoms with E-state index >= 15 is 0 Å². The maximum atomic E-state index is 13.1. The van der Waals surface area contributed by atoms with Gasteiger partial charge in [-0.1, -0.05) is 6.07 Å². The Morgan fingerprint density at radius 2 is 2.22 bits per heavy atom. The van der Waals surface area contributed by atoms with Gasteiger partial charge in [0.05, 0.1) is 4.90 Å². The van der Waals surface area contributed by atoms with Gasteiger partial charge in [0.2, 0.25) is 10.0 Å². The van der Waals surface area contributed by atoms with Gasteiger partial charge in [0, 0.05) is 19.0 Å². The van der Waals surface area contributed by atoms with Crippen molar-refractivity contribution in [3.8, 4) is 0 Å². The zero-order valence-corrected chi connectivity index (χ0v) is 11.4. The van der Waals surface area contributed by atoms with Crippen LogP contribution in [-0.4, -0.2) is 31.7 Å². The molecule has 1 aliphatic heterocycles. The van der Waals surface area contributed by atoms with Gasteiger partial charge >= 0.3 is 0 Å². The first-order chi connectivity index (χ1) is 8.54. The van der Waals surface area contributed by atoms with E-state index in [4.69, 9.17) is 11.6 Å². The Hall–Kier alpha value is -0.650. The Morgan fingerprint density at radius 3 is 2.89 bits per heavy atom. The molecule has 1 saturated heterocycles. The Bertz CT molecular complexity index is 521. The third kappa shape index (κ3) is 2.84. The summed E-state index contributed by atoms with van der Waals surface area (Å²) in [5.74, 6) is 0.317. The monoisotopic (exact) mass is 291 g/mol. The molecule has 0 N–H and O–H groups in total. The fourth-order valence-corrected chi connectivity index (χ4v) is 4.05. The molecule has 0 amide bonds. The summed E-state index contributed by atoms with van der Waals surface area (Å²) in [5, 5.41) is 0. The molecule has 1 heterocycles. The molecule has 0 aromatic heterocycles. The number of alkyl halides is 1. The Balaban J connectivity index is 2.18. The lowest BCUT2D eigenvalue weighted by Crippen LogP contribution is -2.29. The summed E-state index contributed by atoms with van der Waals surface area (Å²) in [6, 6.07) is 5.13. The minimum Gasteiger partial charge on any atom is -0.207 e. The van der Waals surface area contributed by atoms with Crippen molar-refractivity contribution in [2.75, 3.05) is 19.0 Å². The van der Waals surface area contributed by atoms with E-state index in [0.717, 1.165) is 18.9 Å². The van der Waals surface area contributed by atoms with E-state index in [1.165, 1.54) is 22.5 Å². The fraction of sp³-hybridized carbons (Fsp3) is 0.500. The van der Waals surface area contributed by atoms with E-state index in [1.807, 2.05) is 0 Å². The SMILES string of the molecule is O=S(=O)(c1cccc(F)c1)N1CCC(CCCl)C1. The van der Waals surface area contributed by atoms with Gasteiger partial charge in [0.1, 0.15) is 5.82 Å². The number of rotatable bonds is 4. The highest BCUT2D eigenvalue weighted by atomic mass is 35.5. The first-order valence-electron chi connectivity index (χ1n) is 5.85. The molecule has 0 bridgehead atoms. The van der Waals surface area contributed by atoms with Gasteiger partial charge in [-0.25, -0.2) is 12.8 Å². The van der Waals surface area contributed by atoms with Crippen molar-refractivity contribution in [1.82, 2.24) is 4.31 Å². The average molecular weight is 292 g/mol. The van der Waals surface area contributed by atoms with Crippen LogP contribution in [0, 0.1) is 11.7 Å². The van der Waals surface area contributed by atoms with Gasteiger partial charge in [0.15, 0.2) is 0 Å². The van der Waals surface area contributed by atoms with Crippen LogP contribution in [0.4, 0.5) is 4.39 Å². The normalized spacial score (nSPS) is 21.3. The second-order valence-electron chi connectivity index (χ2n) is 4.45. The second kappa shape index (κ2) is 5.55. The van der Waals surface area contributed by atoms with Crippen molar-refractivity contribution in [2.24, 2.45) is 5.92 Å². The third-order valence-corrected chi connectivity index (χ3v) is 5.28. The van der Waals surface area contributed by atoms with Crippen LogP contribution in [-0.2, 0) is 10.0 Å². The van der Waals surface area contributed by atoms with Crippen molar-refractivity contribution in [3.05, 3.63) is 30.1 Å². The summed E-state index contributed by atoms with van der Waals surface area (Å²) >= 11 is 5.66. The molecule has 1 aliphatic rings. The van der Waals surface area contributed by atoms with Crippen LogP contribution in [0.5, 0.6) is 0 Å². The van der Waals surface area contributed by atoms with E-state index in [9.17, 15) is 12.8 Å². The molecule has 6 heteroatoms. The molecule has 1 fully saturated rings. The zero-order chi connectivity index (χ0) is 13.2. The highest BCUT2D eigenvalue weighted by Gasteiger charge is 2.32. The summed E-state index contributed by atoms with van der Waals surface area (Å²) in [5.41, 5.74) is 0. The first-order valence-corrected chi connectivity index (χ1v) is 7.83. The van der Waals surface area contributed by atoms with E-state index in [2.05, 4.69) is 0 Å². The fourth-order valence-electron chi connectivity index (χ4n) is 2.18. The minimum absolute atomic E-state index is 0.0222. The number of hydrogen-bond acceptors (Lipinski definition) is 2. The summed E-state index contributed by atoms with van der Waals surface area (Å²) < 4.78 is 39.0. The van der Waals surface area contributed by atoms with E-state index in [1.54, 1.807) is 0 Å². The van der Waals surface area contributed by atoms with Gasteiger partial charge in [-0.2, -0.15) is 4.31 Å². The molecule has 1 aromatic rings. The highest BCUT2D eigenvalue weighted by Crippen LogP contribution is 2.26. The summed E-state index contributed by atoms with van der Waals surface area (Å²) in [7, 11) is -3.56. The van der Waals surface area contributed by atoms with Crippen LogP contribution in [0.25, 0.3) is 0 Å². The molecule has 3 nitrogen and oxygen atoms in total. The van der Waals surface area contributed by atoms with Gasteiger partial charge < -0.3 is 0 Å². The van der Waals surface area contributed by atoms with E-state index in [-0.39, 0.29) is 4.90 Å². The number of benzene rings is 1. The smallest absolute Gasteiger partial charge is 0.207 e. The number of sulfonamides is 1. The molecule has 100 valence electrons. The standard InChI is InChI=1S/C12H15ClFNO2S/c13-6-4-10-5-7-15(9-10)18(16,17)12-3-1-2-11(14)8-12/h1-3,8,10H,4-7,9H2. The molecular formula is C12H15ClFNO2S. The average Bonchev–Trinajstić information content (AvgIpc) is 2.79. The van der Waals surface area contributed by atoms with Crippen molar-refractivity contribution >= 4 is 21.6 Å². The maximum absolute atomic E-state index is 13.1. The van der Waals surface area contributed by atoms with Gasteiger partial charge in [0.25, 0.3) is 0 Å². The highest BCUT2D eigenvalue weighted by molar-refractivity contribution is 7.89. The predicted octanol–water partition coefficient (Wildman–Crippen LogP) is 2.47. The molecule has 1 aromatic carbocycles. The van der Waals surface area contributed by atoms with Crippen LogP contribution in [0.3, 0.4) is 0 Å². The topological polar surface area (TPSA) is 37.4 Å².